The molecule has 2 aromatic rings. The molecule has 0 saturated heterocycles. The Hall–Kier alpha value is -2.21. The number of rotatable bonds is 4. The summed E-state index contributed by atoms with van der Waals surface area (Å²) < 4.78 is 19.3. The zero-order valence-electron chi connectivity index (χ0n) is 11.7. The minimum atomic E-state index is -0.773. The number of nitrogens with one attached hydrogen (secondary N) is 1. The minimum absolute atomic E-state index is 0.0602. The van der Waals surface area contributed by atoms with Crippen LogP contribution in [0.4, 0.5) is 14.9 Å². The summed E-state index contributed by atoms with van der Waals surface area (Å²) in [7, 11) is 0. The first-order chi connectivity index (χ1) is 10.5. The lowest BCUT2D eigenvalue weighted by Crippen LogP contribution is -2.15. The highest BCUT2D eigenvalue weighted by molar-refractivity contribution is 9.10. The molecular formula is C16H13BrFNO3. The van der Waals surface area contributed by atoms with Gasteiger partial charge in [-0.15, -0.1) is 0 Å². The summed E-state index contributed by atoms with van der Waals surface area (Å²) in [5, 5.41) is 2.31. The van der Waals surface area contributed by atoms with Gasteiger partial charge in [-0.1, -0.05) is 30.3 Å². The lowest BCUT2D eigenvalue weighted by molar-refractivity contribution is 0.101. The summed E-state index contributed by atoms with van der Waals surface area (Å²) in [5.41, 5.74) is 0.974. The van der Waals surface area contributed by atoms with E-state index in [2.05, 4.69) is 21.2 Å². The number of Topliss-reactive ketones (excluding diaryl/α,β-unsaturated/α-hetero) is 1. The normalized spacial score (nSPS) is 10.1. The van der Waals surface area contributed by atoms with Gasteiger partial charge in [0.05, 0.1) is 5.69 Å². The number of carbonyl (C=O) groups is 2. The molecule has 0 saturated carbocycles. The highest BCUT2D eigenvalue weighted by Gasteiger charge is 2.14. The van der Waals surface area contributed by atoms with E-state index in [0.29, 0.717) is 4.47 Å². The van der Waals surface area contributed by atoms with Crippen molar-refractivity contribution in [3.05, 3.63) is 63.9 Å². The Bertz CT molecular complexity index is 704. The molecular weight excluding hydrogens is 353 g/mol. The number of ketones is 1. The van der Waals surface area contributed by atoms with Gasteiger partial charge in [0.25, 0.3) is 0 Å². The maximum atomic E-state index is 13.9. The molecule has 0 spiro atoms. The molecule has 6 heteroatoms. The molecule has 1 amide bonds. The number of carbonyl (C=O) groups excluding carboxylic acids is 2. The van der Waals surface area contributed by atoms with Gasteiger partial charge < -0.3 is 4.74 Å². The predicted octanol–water partition coefficient (Wildman–Crippen LogP) is 4.54. The van der Waals surface area contributed by atoms with Gasteiger partial charge in [0.2, 0.25) is 0 Å². The first-order valence-electron chi connectivity index (χ1n) is 6.45. The van der Waals surface area contributed by atoms with Crippen molar-refractivity contribution in [1.82, 2.24) is 0 Å². The minimum Gasteiger partial charge on any atom is -0.444 e. The van der Waals surface area contributed by atoms with Crippen LogP contribution in [0, 0.1) is 5.82 Å². The van der Waals surface area contributed by atoms with Crippen molar-refractivity contribution < 1.29 is 18.7 Å². The van der Waals surface area contributed by atoms with Crippen molar-refractivity contribution in [3.8, 4) is 0 Å². The Kier molecular flexibility index (Phi) is 5.27. The van der Waals surface area contributed by atoms with E-state index in [0.717, 1.165) is 11.6 Å². The van der Waals surface area contributed by atoms with Crippen LogP contribution >= 0.6 is 15.9 Å². The van der Waals surface area contributed by atoms with Crippen LogP contribution in [-0.2, 0) is 11.3 Å². The van der Waals surface area contributed by atoms with E-state index in [1.807, 2.05) is 30.3 Å². The fourth-order valence-corrected chi connectivity index (χ4v) is 2.40. The summed E-state index contributed by atoms with van der Waals surface area (Å²) >= 11 is 3.17. The van der Waals surface area contributed by atoms with Crippen LogP contribution in [0.5, 0.6) is 0 Å². The molecule has 0 fully saturated rings. The van der Waals surface area contributed by atoms with E-state index in [9.17, 15) is 14.0 Å². The molecule has 0 atom stereocenters. The van der Waals surface area contributed by atoms with Crippen molar-refractivity contribution in [2.45, 2.75) is 13.5 Å². The van der Waals surface area contributed by atoms with Gasteiger partial charge in [-0.25, -0.2) is 9.18 Å². The van der Waals surface area contributed by atoms with Gasteiger partial charge in [-0.05, 0) is 40.5 Å². The molecule has 4 nitrogen and oxygen atoms in total. The first kappa shape index (κ1) is 16.2. The van der Waals surface area contributed by atoms with Crippen molar-refractivity contribution in [2.75, 3.05) is 5.32 Å². The molecule has 0 aliphatic carbocycles. The molecule has 2 rings (SSSR count). The molecule has 0 aliphatic heterocycles. The molecule has 0 aliphatic rings. The van der Waals surface area contributed by atoms with Gasteiger partial charge in [0.15, 0.2) is 5.78 Å². The van der Waals surface area contributed by atoms with Gasteiger partial charge in [-0.3, -0.25) is 10.1 Å². The van der Waals surface area contributed by atoms with Gasteiger partial charge in [0.1, 0.15) is 12.4 Å². The predicted molar refractivity (Wildman–Crippen MR) is 84.4 cm³/mol. The molecule has 1 N–H and O–H groups in total. The van der Waals surface area contributed by atoms with Crippen molar-refractivity contribution in [1.29, 1.82) is 0 Å². The Morgan fingerprint density at radius 1 is 1.23 bits per heavy atom. The highest BCUT2D eigenvalue weighted by atomic mass is 79.9. The quantitative estimate of drug-likeness (QED) is 0.809. The number of anilines is 1. The van der Waals surface area contributed by atoms with Gasteiger partial charge >= 0.3 is 6.09 Å². The summed E-state index contributed by atoms with van der Waals surface area (Å²) in [4.78, 5) is 23.0. The van der Waals surface area contributed by atoms with Crippen molar-refractivity contribution in [3.63, 3.8) is 0 Å². The Morgan fingerprint density at radius 2 is 1.91 bits per heavy atom. The summed E-state index contributed by atoms with van der Waals surface area (Å²) in [6, 6.07) is 11.5. The Morgan fingerprint density at radius 3 is 2.55 bits per heavy atom. The number of hydrogen-bond donors (Lipinski definition) is 1. The number of ether oxygens (including phenoxy) is 1. The molecule has 114 valence electrons. The zero-order valence-corrected chi connectivity index (χ0v) is 13.3. The third-order valence-corrected chi connectivity index (χ3v) is 3.54. The molecule has 22 heavy (non-hydrogen) atoms. The third-order valence-electron chi connectivity index (χ3n) is 2.89. The second-order valence-electron chi connectivity index (χ2n) is 4.55. The SMILES string of the molecule is CC(=O)c1cc(F)c(NC(=O)OCc2ccccc2)cc1Br. The maximum absolute atomic E-state index is 13.9. The summed E-state index contributed by atoms with van der Waals surface area (Å²) in [6.07, 6.45) is -0.773. The van der Waals surface area contributed by atoms with E-state index >= 15 is 0 Å². The van der Waals surface area contributed by atoms with Crippen molar-refractivity contribution in [2.24, 2.45) is 0 Å². The van der Waals surface area contributed by atoms with E-state index in [1.54, 1.807) is 0 Å². The highest BCUT2D eigenvalue weighted by Crippen LogP contribution is 2.25. The standard InChI is InChI=1S/C16H13BrFNO3/c1-10(20)12-7-14(18)15(8-13(12)17)19-16(21)22-9-11-5-3-2-4-6-11/h2-8H,9H2,1H3,(H,19,21). The van der Waals surface area contributed by atoms with Gasteiger partial charge in [0, 0.05) is 10.0 Å². The molecule has 0 aromatic heterocycles. The topological polar surface area (TPSA) is 55.4 Å². The van der Waals surface area contributed by atoms with Gasteiger partial charge in [-0.2, -0.15) is 0 Å². The van der Waals surface area contributed by atoms with E-state index in [4.69, 9.17) is 4.74 Å². The fraction of sp³-hybridized carbons (Fsp3) is 0.125. The zero-order chi connectivity index (χ0) is 16.1. The molecule has 0 bridgehead atoms. The summed E-state index contributed by atoms with van der Waals surface area (Å²) in [6.45, 7) is 1.42. The average molecular weight is 366 g/mol. The fourth-order valence-electron chi connectivity index (χ4n) is 1.78. The Balaban J connectivity index is 2.02. The molecule has 0 heterocycles. The first-order valence-corrected chi connectivity index (χ1v) is 7.24. The van der Waals surface area contributed by atoms with Crippen LogP contribution in [0.1, 0.15) is 22.8 Å². The van der Waals surface area contributed by atoms with Crippen LogP contribution in [0.15, 0.2) is 46.9 Å². The number of amides is 1. The van der Waals surface area contributed by atoms with Crippen LogP contribution < -0.4 is 5.32 Å². The molecule has 2 aromatic carbocycles. The van der Waals surface area contributed by atoms with E-state index in [-0.39, 0.29) is 23.6 Å². The third kappa shape index (κ3) is 4.14. The second kappa shape index (κ2) is 7.17. The second-order valence-corrected chi connectivity index (χ2v) is 5.41. The number of halogens is 2. The largest absolute Gasteiger partial charge is 0.444 e. The summed E-state index contributed by atoms with van der Waals surface area (Å²) in [5.74, 6) is -0.978. The van der Waals surface area contributed by atoms with Crippen LogP contribution in [0.2, 0.25) is 0 Å². The Labute approximate surface area is 135 Å². The number of hydrogen-bond acceptors (Lipinski definition) is 3. The average Bonchev–Trinajstić information content (AvgIpc) is 2.49. The van der Waals surface area contributed by atoms with E-state index in [1.165, 1.54) is 13.0 Å². The molecule has 0 radical (unpaired) electrons. The molecule has 0 unspecified atom stereocenters. The monoisotopic (exact) mass is 365 g/mol. The lowest BCUT2D eigenvalue weighted by atomic mass is 10.1. The van der Waals surface area contributed by atoms with Crippen molar-refractivity contribution >= 4 is 33.5 Å². The van der Waals surface area contributed by atoms with E-state index < -0.39 is 11.9 Å². The van der Waals surface area contributed by atoms with Crippen LogP contribution in [0.25, 0.3) is 0 Å². The number of benzene rings is 2. The smallest absolute Gasteiger partial charge is 0.412 e. The maximum Gasteiger partial charge on any atom is 0.412 e. The van der Waals surface area contributed by atoms with Crippen LogP contribution in [-0.4, -0.2) is 11.9 Å². The van der Waals surface area contributed by atoms with Crippen LogP contribution in [0.3, 0.4) is 0 Å². The lowest BCUT2D eigenvalue weighted by Gasteiger charge is -2.10.